The summed E-state index contributed by atoms with van der Waals surface area (Å²) >= 11 is 0. The average Bonchev–Trinajstić information content (AvgIpc) is 2.43. The molecule has 0 radical (unpaired) electrons. The number of fused-ring (bicyclic) bond motifs is 1. The van der Waals surface area contributed by atoms with E-state index in [0.717, 1.165) is 19.3 Å². The van der Waals surface area contributed by atoms with Crippen molar-refractivity contribution in [3.8, 4) is 0 Å². The van der Waals surface area contributed by atoms with Crippen molar-refractivity contribution in [2.75, 3.05) is 0 Å². The molecule has 0 amide bonds. The Hall–Kier alpha value is -0.370. The molecule has 4 unspecified atom stereocenters. The first kappa shape index (κ1) is 10.8. The van der Waals surface area contributed by atoms with Crippen molar-refractivity contribution in [1.82, 2.24) is 0 Å². The fourth-order valence-electron chi connectivity index (χ4n) is 4.40. The lowest BCUT2D eigenvalue weighted by molar-refractivity contribution is -0.168. The van der Waals surface area contributed by atoms with Crippen molar-refractivity contribution in [2.45, 2.75) is 64.1 Å². The van der Waals surface area contributed by atoms with E-state index in [1.54, 1.807) is 0 Å². The molecule has 0 aromatic heterocycles. The molecule has 2 heteroatoms. The number of rotatable bonds is 0. The van der Waals surface area contributed by atoms with Crippen LogP contribution in [0.15, 0.2) is 0 Å². The SMILES string of the molecule is CC1C(=O)CCC2CCC3CC21OC3(C)C. The maximum atomic E-state index is 12.0. The molecule has 1 aliphatic heterocycles. The Labute approximate surface area is 97.7 Å². The minimum Gasteiger partial charge on any atom is -0.368 e. The lowest BCUT2D eigenvalue weighted by atomic mass is 9.60. The van der Waals surface area contributed by atoms with Crippen LogP contribution in [0.1, 0.15) is 52.9 Å². The normalized spacial score (nSPS) is 50.2. The van der Waals surface area contributed by atoms with Crippen molar-refractivity contribution in [2.24, 2.45) is 17.8 Å². The van der Waals surface area contributed by atoms with E-state index in [4.69, 9.17) is 4.74 Å². The minimum atomic E-state index is -0.0955. The fraction of sp³-hybridized carbons (Fsp3) is 0.929. The standard InChI is InChI=1S/C14H22O2/c1-9-12(15)7-6-10-4-5-11-8-14(9,10)16-13(11,2)3/h9-11H,4-8H2,1-3H3. The number of Topliss-reactive ketones (excluding diaryl/α,β-unsaturated/α-hetero) is 1. The van der Waals surface area contributed by atoms with Crippen molar-refractivity contribution in [3.05, 3.63) is 0 Å². The van der Waals surface area contributed by atoms with Gasteiger partial charge in [0.2, 0.25) is 0 Å². The van der Waals surface area contributed by atoms with Crippen molar-refractivity contribution in [1.29, 1.82) is 0 Å². The molecule has 0 N–H and O–H groups in total. The first-order valence-electron chi connectivity index (χ1n) is 6.68. The number of carbonyl (C=O) groups excluding carboxylic acids is 1. The quantitative estimate of drug-likeness (QED) is 0.630. The molecular weight excluding hydrogens is 200 g/mol. The Kier molecular flexibility index (Phi) is 2.08. The maximum Gasteiger partial charge on any atom is 0.138 e. The number of carbonyl (C=O) groups is 1. The van der Waals surface area contributed by atoms with Crippen molar-refractivity contribution >= 4 is 5.78 Å². The van der Waals surface area contributed by atoms with E-state index >= 15 is 0 Å². The van der Waals surface area contributed by atoms with Gasteiger partial charge in [-0.25, -0.2) is 0 Å². The van der Waals surface area contributed by atoms with Gasteiger partial charge < -0.3 is 4.74 Å². The molecule has 2 nitrogen and oxygen atoms in total. The van der Waals surface area contributed by atoms with Crippen LogP contribution in [0.2, 0.25) is 0 Å². The number of ketones is 1. The summed E-state index contributed by atoms with van der Waals surface area (Å²) in [4.78, 5) is 12.0. The van der Waals surface area contributed by atoms with Crippen molar-refractivity contribution in [3.63, 3.8) is 0 Å². The highest BCUT2D eigenvalue weighted by Crippen LogP contribution is 2.59. The third-order valence-electron chi connectivity index (χ3n) is 5.51. The summed E-state index contributed by atoms with van der Waals surface area (Å²) in [5, 5.41) is 0. The average molecular weight is 222 g/mol. The number of hydrogen-bond donors (Lipinski definition) is 0. The topological polar surface area (TPSA) is 26.3 Å². The molecule has 1 spiro atoms. The molecule has 3 rings (SSSR count). The Morgan fingerprint density at radius 2 is 1.88 bits per heavy atom. The molecule has 1 heterocycles. The minimum absolute atomic E-state index is 0.0133. The molecule has 3 fully saturated rings. The summed E-state index contributed by atoms with van der Waals surface area (Å²) in [7, 11) is 0. The monoisotopic (exact) mass is 222 g/mol. The number of ether oxygens (including phenoxy) is 1. The van der Waals surface area contributed by atoms with Gasteiger partial charge in [-0.3, -0.25) is 4.79 Å². The lowest BCUT2D eigenvalue weighted by Crippen LogP contribution is -2.52. The van der Waals surface area contributed by atoms with Crippen LogP contribution in [0.25, 0.3) is 0 Å². The summed E-state index contributed by atoms with van der Waals surface area (Å²) in [5.41, 5.74) is -0.109. The van der Waals surface area contributed by atoms with Gasteiger partial charge in [-0.05, 0) is 51.4 Å². The lowest BCUT2D eigenvalue weighted by Gasteiger charge is -2.46. The molecule has 16 heavy (non-hydrogen) atoms. The van der Waals surface area contributed by atoms with Gasteiger partial charge >= 0.3 is 0 Å². The smallest absolute Gasteiger partial charge is 0.138 e. The fourth-order valence-corrected chi connectivity index (χ4v) is 4.40. The highest BCUT2D eigenvalue weighted by molar-refractivity contribution is 5.83. The van der Waals surface area contributed by atoms with Crippen molar-refractivity contribution < 1.29 is 9.53 Å². The molecular formula is C14H22O2. The van der Waals surface area contributed by atoms with Gasteiger partial charge in [0.25, 0.3) is 0 Å². The predicted molar refractivity (Wildman–Crippen MR) is 62.1 cm³/mol. The van der Waals surface area contributed by atoms with Crippen LogP contribution in [0.4, 0.5) is 0 Å². The van der Waals surface area contributed by atoms with E-state index < -0.39 is 0 Å². The van der Waals surface area contributed by atoms with Gasteiger partial charge in [-0.2, -0.15) is 0 Å². The summed E-state index contributed by atoms with van der Waals surface area (Å²) < 4.78 is 6.43. The van der Waals surface area contributed by atoms with E-state index in [1.807, 2.05) is 0 Å². The Morgan fingerprint density at radius 3 is 2.62 bits per heavy atom. The predicted octanol–water partition coefficient (Wildman–Crippen LogP) is 2.95. The third-order valence-corrected chi connectivity index (χ3v) is 5.51. The molecule has 0 aromatic carbocycles. The molecule has 2 bridgehead atoms. The summed E-state index contributed by atoms with van der Waals surface area (Å²) in [5.74, 6) is 1.85. The number of hydrogen-bond acceptors (Lipinski definition) is 2. The van der Waals surface area contributed by atoms with Gasteiger partial charge in [0.15, 0.2) is 0 Å². The highest BCUT2D eigenvalue weighted by Gasteiger charge is 2.62. The zero-order valence-corrected chi connectivity index (χ0v) is 10.6. The second kappa shape index (κ2) is 3.10. The van der Waals surface area contributed by atoms with Crippen LogP contribution in [0.5, 0.6) is 0 Å². The molecule has 90 valence electrons. The molecule has 1 saturated heterocycles. The molecule has 0 aromatic rings. The van der Waals surface area contributed by atoms with Crippen LogP contribution in [0.3, 0.4) is 0 Å². The summed E-state index contributed by atoms with van der Waals surface area (Å²) in [6.45, 7) is 6.51. The second-order valence-electron chi connectivity index (χ2n) is 6.56. The maximum absolute atomic E-state index is 12.0. The Bertz CT molecular complexity index is 334. The van der Waals surface area contributed by atoms with Crippen LogP contribution >= 0.6 is 0 Å². The largest absolute Gasteiger partial charge is 0.368 e. The zero-order chi connectivity index (χ0) is 11.6. The van der Waals surface area contributed by atoms with E-state index in [1.165, 1.54) is 12.8 Å². The van der Waals surface area contributed by atoms with Crippen LogP contribution in [-0.4, -0.2) is 17.0 Å². The van der Waals surface area contributed by atoms with Crippen LogP contribution in [-0.2, 0) is 9.53 Å². The van der Waals surface area contributed by atoms with Gasteiger partial charge in [0, 0.05) is 12.3 Å². The van der Waals surface area contributed by atoms with E-state index in [2.05, 4.69) is 20.8 Å². The summed E-state index contributed by atoms with van der Waals surface area (Å²) in [6.07, 6.45) is 5.53. The first-order valence-corrected chi connectivity index (χ1v) is 6.68. The Balaban J connectivity index is 2.00. The third kappa shape index (κ3) is 1.20. The van der Waals surface area contributed by atoms with E-state index in [9.17, 15) is 4.79 Å². The van der Waals surface area contributed by atoms with E-state index in [-0.39, 0.29) is 17.1 Å². The zero-order valence-electron chi connectivity index (χ0n) is 10.6. The van der Waals surface area contributed by atoms with Crippen LogP contribution < -0.4 is 0 Å². The molecule has 3 aliphatic rings. The van der Waals surface area contributed by atoms with Gasteiger partial charge in [0.05, 0.1) is 11.2 Å². The van der Waals surface area contributed by atoms with Gasteiger partial charge in [-0.1, -0.05) is 6.92 Å². The highest BCUT2D eigenvalue weighted by atomic mass is 16.5. The summed E-state index contributed by atoms with van der Waals surface area (Å²) in [6, 6.07) is 0. The molecule has 2 saturated carbocycles. The molecule has 2 aliphatic carbocycles. The Morgan fingerprint density at radius 1 is 1.19 bits per heavy atom. The molecule has 4 atom stereocenters. The first-order chi connectivity index (χ1) is 7.46. The van der Waals surface area contributed by atoms with Gasteiger partial charge in [-0.15, -0.1) is 0 Å². The van der Waals surface area contributed by atoms with Crippen LogP contribution in [0, 0.1) is 17.8 Å². The van der Waals surface area contributed by atoms with E-state index in [0.29, 0.717) is 17.6 Å². The van der Waals surface area contributed by atoms with Gasteiger partial charge in [0.1, 0.15) is 5.78 Å². The second-order valence-corrected chi connectivity index (χ2v) is 6.56.